The van der Waals surface area contributed by atoms with E-state index in [-0.39, 0.29) is 19.0 Å². The molecule has 0 radical (unpaired) electrons. The highest BCUT2D eigenvalue weighted by Crippen LogP contribution is 2.17. The molecule has 0 unspecified atom stereocenters. The summed E-state index contributed by atoms with van der Waals surface area (Å²) in [6, 6.07) is 5.17. The maximum absolute atomic E-state index is 8.72. The Bertz CT molecular complexity index is 437. The van der Waals surface area contributed by atoms with Crippen LogP contribution in [0.25, 0.3) is 11.1 Å². The summed E-state index contributed by atoms with van der Waals surface area (Å²) in [6.45, 7) is -0.186. The van der Waals surface area contributed by atoms with Crippen molar-refractivity contribution in [2.24, 2.45) is 0 Å². The Morgan fingerprint density at radius 3 is 2.56 bits per heavy atom. The van der Waals surface area contributed by atoms with Crippen LogP contribution in [0, 0.1) is 0 Å². The number of benzene rings is 1. The molecule has 1 aromatic heterocycles. The Balaban J connectivity index is 0.000000511. The van der Waals surface area contributed by atoms with Crippen LogP contribution in [0.3, 0.4) is 0 Å². The van der Waals surface area contributed by atoms with Gasteiger partial charge in [-0.1, -0.05) is 0 Å². The van der Waals surface area contributed by atoms with Crippen LogP contribution in [0.4, 0.5) is 5.69 Å². The van der Waals surface area contributed by atoms with E-state index in [1.54, 1.807) is 18.2 Å². The molecule has 0 amide bonds. The van der Waals surface area contributed by atoms with Crippen LogP contribution in [0.1, 0.15) is 5.89 Å². The van der Waals surface area contributed by atoms with Crippen molar-refractivity contribution in [1.82, 2.24) is 4.98 Å². The predicted octanol–water partition coefficient (Wildman–Crippen LogP) is -0.438. The van der Waals surface area contributed by atoms with Gasteiger partial charge in [0.15, 0.2) is 5.58 Å². The lowest BCUT2D eigenvalue weighted by atomic mass is 10.3. The van der Waals surface area contributed by atoms with Gasteiger partial charge in [0.1, 0.15) is 12.1 Å². The summed E-state index contributed by atoms with van der Waals surface area (Å²) in [5.74, 6) is 0.315. The van der Waals surface area contributed by atoms with E-state index in [1.807, 2.05) is 0 Å². The first-order chi connectivity index (χ1) is 7.21. The summed E-state index contributed by atoms with van der Waals surface area (Å²) in [7, 11) is -0.750. The van der Waals surface area contributed by atoms with Crippen molar-refractivity contribution < 1.29 is 19.6 Å². The number of nitrogens with zero attached hydrogens (tertiary/aromatic N) is 1. The van der Waals surface area contributed by atoms with E-state index in [4.69, 9.17) is 25.3 Å². The minimum absolute atomic E-state index is 0. The molecule has 8 heteroatoms. The number of aromatic nitrogens is 1. The number of oxazole rings is 1. The number of nitrogen functional groups attached to an aromatic ring is 1. The highest BCUT2D eigenvalue weighted by atomic mass is 35.5. The van der Waals surface area contributed by atoms with Gasteiger partial charge in [0.2, 0.25) is 5.89 Å². The molecule has 5 N–H and O–H groups in total. The molecule has 2 rings (SSSR count). The van der Waals surface area contributed by atoms with Gasteiger partial charge < -0.3 is 25.3 Å². The quantitative estimate of drug-likeness (QED) is 0.401. The average Bonchev–Trinajstić information content (AvgIpc) is 2.61. The van der Waals surface area contributed by atoms with Crippen molar-refractivity contribution in [3.05, 3.63) is 24.1 Å². The van der Waals surface area contributed by atoms with Gasteiger partial charge in [-0.25, -0.2) is 4.98 Å². The van der Waals surface area contributed by atoms with E-state index in [9.17, 15) is 0 Å². The zero-order valence-electron chi connectivity index (χ0n) is 8.33. The molecule has 0 fully saturated rings. The van der Waals surface area contributed by atoms with Crippen LogP contribution in [-0.2, 0) is 6.61 Å². The average molecular weight is 246 g/mol. The normalized spacial score (nSPS) is 8.94. The van der Waals surface area contributed by atoms with E-state index in [0.717, 1.165) is 0 Å². The Kier molecular flexibility index (Phi) is 6.51. The minimum Gasteiger partial charge on any atom is -0.438 e. The van der Waals surface area contributed by atoms with Crippen LogP contribution >= 0.6 is 12.4 Å². The number of aliphatic hydroxyl groups is 1. The van der Waals surface area contributed by atoms with Crippen LogP contribution in [-0.4, -0.2) is 27.8 Å². The molecule has 2 aromatic rings. The van der Waals surface area contributed by atoms with E-state index in [2.05, 4.69) is 4.98 Å². The number of aliphatic hydroxyl groups excluding tert-OH is 1. The summed E-state index contributed by atoms with van der Waals surface area (Å²) in [5, 5.41) is 23.0. The smallest absolute Gasteiger partial charge is 0.432 e. The van der Waals surface area contributed by atoms with Gasteiger partial charge in [-0.05, 0) is 18.2 Å². The maximum atomic E-state index is 8.72. The number of fused-ring (bicyclic) bond motifs is 1. The number of hydrogen-bond acceptors (Lipinski definition) is 6. The SMILES string of the molecule is Cl.Nc1ccc2oc(CO)nc2c1.OBO. The van der Waals surface area contributed by atoms with Crippen molar-refractivity contribution in [3.63, 3.8) is 0 Å². The fourth-order valence-electron chi connectivity index (χ4n) is 1.06. The molecular formula is C8H12BClN2O4. The fraction of sp³-hybridized carbons (Fsp3) is 0.125. The lowest BCUT2D eigenvalue weighted by Gasteiger charge is -1.88. The molecule has 0 saturated carbocycles. The van der Waals surface area contributed by atoms with E-state index in [1.165, 1.54) is 0 Å². The van der Waals surface area contributed by atoms with Gasteiger partial charge in [0.25, 0.3) is 0 Å². The van der Waals surface area contributed by atoms with Crippen molar-refractivity contribution in [2.45, 2.75) is 6.61 Å². The van der Waals surface area contributed by atoms with Gasteiger partial charge >= 0.3 is 7.69 Å². The molecule has 0 aliphatic carbocycles. The molecule has 0 atom stereocenters. The summed E-state index contributed by atoms with van der Waals surface area (Å²) in [6.07, 6.45) is 0. The Labute approximate surface area is 98.4 Å². The van der Waals surface area contributed by atoms with Gasteiger partial charge in [-0.2, -0.15) is 0 Å². The Hall–Kier alpha value is -1.28. The van der Waals surface area contributed by atoms with Crippen molar-refractivity contribution in [1.29, 1.82) is 0 Å². The van der Waals surface area contributed by atoms with Crippen LogP contribution in [0.2, 0.25) is 0 Å². The van der Waals surface area contributed by atoms with E-state index < -0.39 is 7.69 Å². The lowest BCUT2D eigenvalue weighted by molar-refractivity contribution is 0.244. The second-order valence-corrected chi connectivity index (χ2v) is 2.63. The number of rotatable bonds is 1. The monoisotopic (exact) mass is 246 g/mol. The highest BCUT2D eigenvalue weighted by Gasteiger charge is 2.03. The predicted molar refractivity (Wildman–Crippen MR) is 63.2 cm³/mol. The molecule has 16 heavy (non-hydrogen) atoms. The molecular weight excluding hydrogens is 234 g/mol. The van der Waals surface area contributed by atoms with E-state index in [0.29, 0.717) is 22.7 Å². The van der Waals surface area contributed by atoms with Gasteiger partial charge in [-0.3, -0.25) is 0 Å². The molecule has 0 bridgehead atoms. The minimum atomic E-state index is -0.750. The summed E-state index contributed by atoms with van der Waals surface area (Å²) in [5.41, 5.74) is 7.50. The van der Waals surface area contributed by atoms with Crippen LogP contribution in [0.15, 0.2) is 22.6 Å². The Morgan fingerprint density at radius 2 is 2.00 bits per heavy atom. The van der Waals surface area contributed by atoms with Crippen LogP contribution < -0.4 is 5.73 Å². The second kappa shape index (κ2) is 7.07. The second-order valence-electron chi connectivity index (χ2n) is 2.63. The molecule has 1 aromatic carbocycles. The first-order valence-corrected chi connectivity index (χ1v) is 4.18. The summed E-state index contributed by atoms with van der Waals surface area (Å²) < 4.78 is 5.16. The fourth-order valence-corrected chi connectivity index (χ4v) is 1.06. The zero-order chi connectivity index (χ0) is 11.3. The number of nitrogens with two attached hydrogens (primary N) is 1. The van der Waals surface area contributed by atoms with Gasteiger partial charge in [-0.15, -0.1) is 12.4 Å². The molecule has 6 nitrogen and oxygen atoms in total. The van der Waals surface area contributed by atoms with Gasteiger partial charge in [0.05, 0.1) is 0 Å². The lowest BCUT2D eigenvalue weighted by Crippen LogP contribution is -1.82. The van der Waals surface area contributed by atoms with Crippen molar-refractivity contribution in [3.8, 4) is 0 Å². The number of anilines is 1. The molecule has 1 heterocycles. The topological polar surface area (TPSA) is 113 Å². The molecule has 0 aliphatic heterocycles. The third kappa shape index (κ3) is 3.71. The van der Waals surface area contributed by atoms with Crippen LogP contribution in [0.5, 0.6) is 0 Å². The van der Waals surface area contributed by atoms with Crippen molar-refractivity contribution in [2.75, 3.05) is 5.73 Å². The Morgan fingerprint density at radius 1 is 1.38 bits per heavy atom. The maximum Gasteiger partial charge on any atom is 0.432 e. The third-order valence-electron chi connectivity index (χ3n) is 1.59. The molecule has 0 saturated heterocycles. The summed E-state index contributed by atoms with van der Waals surface area (Å²) in [4.78, 5) is 4.00. The third-order valence-corrected chi connectivity index (χ3v) is 1.59. The zero-order valence-corrected chi connectivity index (χ0v) is 9.15. The highest BCUT2D eigenvalue weighted by molar-refractivity contribution is 6.13. The van der Waals surface area contributed by atoms with E-state index >= 15 is 0 Å². The molecule has 88 valence electrons. The molecule has 0 spiro atoms. The largest absolute Gasteiger partial charge is 0.438 e. The first-order valence-electron chi connectivity index (χ1n) is 4.18. The number of halogens is 1. The molecule has 0 aliphatic rings. The summed E-state index contributed by atoms with van der Waals surface area (Å²) >= 11 is 0. The first kappa shape index (κ1) is 14.7. The standard InChI is InChI=1S/C8H8N2O2.BH3O2.ClH/c9-5-1-2-7-6(3-5)10-8(4-11)12-7;2-1-3;/h1-3,11H,4,9H2;1-3H;1H. The van der Waals surface area contributed by atoms with Gasteiger partial charge in [0, 0.05) is 5.69 Å². The number of hydrogen-bond donors (Lipinski definition) is 4. The van der Waals surface area contributed by atoms with Crippen molar-refractivity contribution >= 4 is 36.9 Å².